The molecule has 3 amide bonds. The maximum absolute atomic E-state index is 13.6. The molecule has 2 aliphatic rings. The van der Waals surface area contributed by atoms with Crippen molar-refractivity contribution in [2.45, 2.75) is 25.7 Å². The van der Waals surface area contributed by atoms with E-state index in [1.54, 1.807) is 38.7 Å². The van der Waals surface area contributed by atoms with Crippen LogP contribution in [0.1, 0.15) is 35.3 Å². The first-order valence-corrected chi connectivity index (χ1v) is 11.2. The number of carbonyl (C=O) groups excluding carboxylic acids is 3. The molecule has 168 valence electrons. The van der Waals surface area contributed by atoms with Crippen molar-refractivity contribution in [1.82, 2.24) is 9.78 Å². The SMILES string of the molecule is O=CNc1nn(-c2ccc(Cl)cc2)c2c1CCN(c1ccc(N3CCCCC3=O)cc1)C2=O. The number of aromatic nitrogens is 2. The monoisotopic (exact) mass is 463 g/mol. The second-order valence-electron chi connectivity index (χ2n) is 8.05. The van der Waals surface area contributed by atoms with Crippen LogP contribution < -0.4 is 15.1 Å². The van der Waals surface area contributed by atoms with E-state index in [9.17, 15) is 14.4 Å². The molecule has 2 aliphatic heterocycles. The first kappa shape index (κ1) is 21.2. The number of nitrogens with zero attached hydrogens (tertiary/aromatic N) is 4. The molecule has 33 heavy (non-hydrogen) atoms. The van der Waals surface area contributed by atoms with E-state index >= 15 is 0 Å². The van der Waals surface area contributed by atoms with Crippen LogP contribution in [0.25, 0.3) is 5.69 Å². The van der Waals surface area contributed by atoms with E-state index in [-0.39, 0.29) is 11.8 Å². The zero-order valence-electron chi connectivity index (χ0n) is 17.8. The highest BCUT2D eigenvalue weighted by Crippen LogP contribution is 2.32. The molecule has 1 saturated heterocycles. The van der Waals surface area contributed by atoms with Crippen molar-refractivity contribution in [1.29, 1.82) is 0 Å². The molecule has 0 unspecified atom stereocenters. The summed E-state index contributed by atoms with van der Waals surface area (Å²) in [5, 5.41) is 7.67. The predicted molar refractivity (Wildman–Crippen MR) is 126 cm³/mol. The first-order valence-electron chi connectivity index (χ1n) is 10.9. The van der Waals surface area contributed by atoms with Gasteiger partial charge in [0.2, 0.25) is 12.3 Å². The van der Waals surface area contributed by atoms with Crippen molar-refractivity contribution < 1.29 is 14.4 Å². The van der Waals surface area contributed by atoms with Crippen molar-refractivity contribution in [2.75, 3.05) is 28.2 Å². The Kier molecular flexibility index (Phi) is 5.60. The number of anilines is 3. The summed E-state index contributed by atoms with van der Waals surface area (Å²) >= 11 is 6.02. The minimum absolute atomic E-state index is 0.134. The van der Waals surface area contributed by atoms with Gasteiger partial charge in [0, 0.05) is 41.5 Å². The van der Waals surface area contributed by atoms with E-state index in [1.165, 1.54) is 0 Å². The zero-order chi connectivity index (χ0) is 22.9. The van der Waals surface area contributed by atoms with Gasteiger partial charge in [0.15, 0.2) is 5.82 Å². The number of amides is 3. The first-order chi connectivity index (χ1) is 16.1. The molecule has 9 heteroatoms. The fourth-order valence-electron chi connectivity index (χ4n) is 4.44. The molecule has 1 aromatic heterocycles. The van der Waals surface area contributed by atoms with Crippen LogP contribution in [0.15, 0.2) is 48.5 Å². The summed E-state index contributed by atoms with van der Waals surface area (Å²) < 4.78 is 1.55. The van der Waals surface area contributed by atoms with Gasteiger partial charge in [0.25, 0.3) is 5.91 Å². The molecular weight excluding hydrogens is 442 g/mol. The Labute approximate surface area is 195 Å². The Morgan fingerprint density at radius 2 is 1.52 bits per heavy atom. The fraction of sp³-hybridized carbons (Fsp3) is 0.250. The summed E-state index contributed by atoms with van der Waals surface area (Å²) in [6, 6.07) is 14.5. The number of fused-ring (bicyclic) bond motifs is 1. The standard InChI is InChI=1S/C24H22ClN5O3/c25-16-4-6-19(7-5-16)30-22-20(23(27-30)26-15-31)12-14-29(24(22)33)18-10-8-17(9-11-18)28-13-2-1-3-21(28)32/h4-11,15H,1-3,12-14H2,(H,26,27,31). The van der Waals surface area contributed by atoms with Crippen LogP contribution in [0.5, 0.6) is 0 Å². The normalized spacial score (nSPS) is 16.0. The van der Waals surface area contributed by atoms with Gasteiger partial charge in [-0.25, -0.2) is 4.68 Å². The minimum atomic E-state index is -0.209. The number of halogens is 1. The highest BCUT2D eigenvalue weighted by atomic mass is 35.5. The molecule has 1 fully saturated rings. The average Bonchev–Trinajstić information content (AvgIpc) is 3.20. The van der Waals surface area contributed by atoms with E-state index < -0.39 is 0 Å². The Morgan fingerprint density at radius 3 is 2.18 bits per heavy atom. The van der Waals surface area contributed by atoms with E-state index in [4.69, 9.17) is 11.6 Å². The van der Waals surface area contributed by atoms with Crippen LogP contribution in [-0.2, 0) is 16.0 Å². The number of benzene rings is 2. The Hall–Kier alpha value is -3.65. The molecule has 3 aromatic rings. The van der Waals surface area contributed by atoms with Crippen LogP contribution in [0.2, 0.25) is 5.02 Å². The van der Waals surface area contributed by atoms with E-state index in [0.717, 1.165) is 30.8 Å². The van der Waals surface area contributed by atoms with Crippen molar-refractivity contribution in [3.05, 3.63) is 64.8 Å². The number of rotatable bonds is 5. The summed E-state index contributed by atoms with van der Waals surface area (Å²) in [6.45, 7) is 1.17. The smallest absolute Gasteiger partial charge is 0.277 e. The van der Waals surface area contributed by atoms with Crippen LogP contribution in [0.4, 0.5) is 17.2 Å². The van der Waals surface area contributed by atoms with Crippen LogP contribution in [0, 0.1) is 0 Å². The third-order valence-corrected chi connectivity index (χ3v) is 6.33. The maximum atomic E-state index is 13.6. The zero-order valence-corrected chi connectivity index (χ0v) is 18.6. The average molecular weight is 464 g/mol. The number of carbonyl (C=O) groups is 3. The van der Waals surface area contributed by atoms with Gasteiger partial charge in [-0.1, -0.05) is 11.6 Å². The molecule has 3 heterocycles. The van der Waals surface area contributed by atoms with E-state index in [1.807, 2.05) is 24.3 Å². The topological polar surface area (TPSA) is 87.5 Å². The Morgan fingerprint density at radius 1 is 0.848 bits per heavy atom. The molecule has 0 radical (unpaired) electrons. The highest BCUT2D eigenvalue weighted by Gasteiger charge is 2.33. The quantitative estimate of drug-likeness (QED) is 0.583. The molecule has 0 saturated carbocycles. The Balaban J connectivity index is 1.48. The summed E-state index contributed by atoms with van der Waals surface area (Å²) in [7, 11) is 0. The van der Waals surface area contributed by atoms with Crippen molar-refractivity contribution >= 4 is 47.0 Å². The van der Waals surface area contributed by atoms with Gasteiger partial charge in [-0.05, 0) is 67.8 Å². The van der Waals surface area contributed by atoms with Gasteiger partial charge in [-0.3, -0.25) is 14.4 Å². The van der Waals surface area contributed by atoms with Crippen LogP contribution in [0.3, 0.4) is 0 Å². The van der Waals surface area contributed by atoms with Crippen molar-refractivity contribution in [2.24, 2.45) is 0 Å². The summed E-state index contributed by atoms with van der Waals surface area (Å²) in [5.74, 6) is 0.302. The number of hydrogen-bond donors (Lipinski definition) is 1. The lowest BCUT2D eigenvalue weighted by molar-refractivity contribution is -0.119. The Bertz CT molecular complexity index is 1220. The number of piperidine rings is 1. The van der Waals surface area contributed by atoms with Gasteiger partial charge < -0.3 is 15.1 Å². The summed E-state index contributed by atoms with van der Waals surface area (Å²) in [4.78, 5) is 40.4. The van der Waals surface area contributed by atoms with Gasteiger partial charge >= 0.3 is 0 Å². The van der Waals surface area contributed by atoms with Crippen molar-refractivity contribution in [3.8, 4) is 5.69 Å². The molecular formula is C24H22ClN5O3. The molecule has 8 nitrogen and oxygen atoms in total. The van der Waals surface area contributed by atoms with E-state index in [0.29, 0.717) is 53.6 Å². The molecule has 0 aliphatic carbocycles. The number of hydrogen-bond acceptors (Lipinski definition) is 4. The van der Waals surface area contributed by atoms with Gasteiger partial charge in [0.1, 0.15) is 5.69 Å². The molecule has 0 bridgehead atoms. The second-order valence-corrected chi connectivity index (χ2v) is 8.49. The van der Waals surface area contributed by atoms with Crippen molar-refractivity contribution in [3.63, 3.8) is 0 Å². The highest BCUT2D eigenvalue weighted by molar-refractivity contribution is 6.30. The van der Waals surface area contributed by atoms with Gasteiger partial charge in [0.05, 0.1) is 5.69 Å². The third kappa shape index (κ3) is 3.87. The molecule has 0 spiro atoms. The fourth-order valence-corrected chi connectivity index (χ4v) is 4.56. The number of nitrogens with one attached hydrogen (secondary N) is 1. The summed E-state index contributed by atoms with van der Waals surface area (Å²) in [5.41, 5.74) is 3.37. The second kappa shape index (κ2) is 8.71. The largest absolute Gasteiger partial charge is 0.312 e. The lowest BCUT2D eigenvalue weighted by Gasteiger charge is -2.29. The minimum Gasteiger partial charge on any atom is -0.312 e. The van der Waals surface area contributed by atoms with E-state index in [2.05, 4.69) is 10.4 Å². The van der Waals surface area contributed by atoms with Gasteiger partial charge in [-0.2, -0.15) is 0 Å². The maximum Gasteiger partial charge on any atom is 0.277 e. The molecule has 5 rings (SSSR count). The van der Waals surface area contributed by atoms with Gasteiger partial charge in [-0.15, -0.1) is 5.10 Å². The van der Waals surface area contributed by atoms with Crippen LogP contribution >= 0.6 is 11.6 Å². The molecule has 2 aromatic carbocycles. The molecule has 0 atom stereocenters. The third-order valence-electron chi connectivity index (χ3n) is 6.08. The molecule has 1 N–H and O–H groups in total. The summed E-state index contributed by atoms with van der Waals surface area (Å²) in [6.07, 6.45) is 3.59. The lowest BCUT2D eigenvalue weighted by Crippen LogP contribution is -2.39. The van der Waals surface area contributed by atoms with Crippen LogP contribution in [-0.4, -0.2) is 41.1 Å². The lowest BCUT2D eigenvalue weighted by atomic mass is 10.0. The predicted octanol–water partition coefficient (Wildman–Crippen LogP) is 3.81.